The number of piperidine rings is 1. The smallest absolute Gasteiger partial charge is 0.236 e. The van der Waals surface area contributed by atoms with Crippen molar-refractivity contribution >= 4 is 33.3 Å². The predicted molar refractivity (Wildman–Crippen MR) is 161 cm³/mol. The number of nitrogens with zero attached hydrogens (tertiary/aromatic N) is 3. The van der Waals surface area contributed by atoms with Gasteiger partial charge in [-0.05, 0) is 54.2 Å². The molecule has 8 nitrogen and oxygen atoms in total. The third-order valence-corrected chi connectivity index (χ3v) is 8.51. The molecule has 1 aliphatic carbocycles. The van der Waals surface area contributed by atoms with Gasteiger partial charge in [-0.2, -0.15) is 4.31 Å². The Morgan fingerprint density at radius 2 is 1.73 bits per heavy atom. The van der Waals surface area contributed by atoms with Gasteiger partial charge in [-0.25, -0.2) is 18.4 Å². The van der Waals surface area contributed by atoms with Crippen molar-refractivity contribution < 1.29 is 13.2 Å². The van der Waals surface area contributed by atoms with Gasteiger partial charge >= 0.3 is 0 Å². The van der Waals surface area contributed by atoms with E-state index < -0.39 is 10.0 Å². The lowest BCUT2D eigenvalue weighted by Gasteiger charge is -2.30. The lowest BCUT2D eigenvalue weighted by Crippen LogP contribution is -2.39. The topological polar surface area (TPSA) is 110 Å². The molecule has 5 rings (SSSR count). The molecule has 0 amide bonds. The summed E-state index contributed by atoms with van der Waals surface area (Å²) in [6.45, 7) is 1.62. The van der Waals surface area contributed by atoms with E-state index in [-0.39, 0.29) is 0 Å². The molecule has 1 aliphatic heterocycles. The highest BCUT2D eigenvalue weighted by Gasteiger charge is 2.26. The molecule has 1 aromatic heterocycles. The van der Waals surface area contributed by atoms with E-state index in [0.29, 0.717) is 43.6 Å². The van der Waals surface area contributed by atoms with Crippen molar-refractivity contribution in [1.29, 1.82) is 0 Å². The molecule has 0 saturated carbocycles. The van der Waals surface area contributed by atoms with Gasteiger partial charge in [-0.1, -0.05) is 66.8 Å². The van der Waals surface area contributed by atoms with E-state index >= 15 is 0 Å². The minimum Gasteiger partial charge on any atom is -0.461 e. The Kier molecular flexibility index (Phi) is 8.73. The van der Waals surface area contributed by atoms with Crippen LogP contribution in [0.2, 0.25) is 0 Å². The fourth-order valence-corrected chi connectivity index (χ4v) is 5.95. The van der Waals surface area contributed by atoms with E-state index in [1.54, 1.807) is 10.4 Å². The van der Waals surface area contributed by atoms with Crippen LogP contribution in [0.3, 0.4) is 0 Å². The number of anilines is 2. The average molecular weight is 556 g/mol. The summed E-state index contributed by atoms with van der Waals surface area (Å²) in [4.78, 5) is 8.70. The van der Waals surface area contributed by atoms with Gasteiger partial charge in [0.05, 0.1) is 5.56 Å². The van der Waals surface area contributed by atoms with Crippen molar-refractivity contribution in [3.8, 4) is 5.75 Å². The van der Waals surface area contributed by atoms with E-state index in [0.717, 1.165) is 41.1 Å². The summed E-state index contributed by atoms with van der Waals surface area (Å²) < 4.78 is 33.2. The number of rotatable bonds is 9. The maximum absolute atomic E-state index is 12.8. The molecule has 40 heavy (non-hydrogen) atoms. The van der Waals surface area contributed by atoms with Crippen molar-refractivity contribution in [3.63, 3.8) is 0 Å². The third kappa shape index (κ3) is 7.05. The van der Waals surface area contributed by atoms with E-state index in [1.165, 1.54) is 11.7 Å². The molecular weight excluding hydrogens is 522 g/mol. The fourth-order valence-electron chi connectivity index (χ4n) is 4.73. The normalized spacial score (nSPS) is 16.8. The Hall–Kier alpha value is -4.21. The summed E-state index contributed by atoms with van der Waals surface area (Å²) in [6.07, 6.45) is 13.2. The molecule has 9 heteroatoms. The third-order valence-electron chi connectivity index (χ3n) is 6.95. The van der Waals surface area contributed by atoms with Crippen molar-refractivity contribution in [1.82, 2.24) is 14.3 Å². The van der Waals surface area contributed by atoms with Crippen LogP contribution in [-0.2, 0) is 10.0 Å². The first kappa shape index (κ1) is 27.4. The first-order valence-electron chi connectivity index (χ1n) is 13.4. The van der Waals surface area contributed by atoms with E-state index in [1.807, 2.05) is 85.0 Å². The van der Waals surface area contributed by atoms with Crippen LogP contribution in [0.1, 0.15) is 30.4 Å². The second kappa shape index (κ2) is 12.8. The molecule has 0 radical (unpaired) electrons. The van der Waals surface area contributed by atoms with Crippen molar-refractivity contribution in [2.45, 2.75) is 19.3 Å². The van der Waals surface area contributed by atoms with Crippen LogP contribution in [0.5, 0.6) is 5.75 Å². The number of ether oxygens (including phenoxy) is 1. The minimum atomic E-state index is -3.46. The number of nitrogen functional groups attached to an aromatic ring is 1. The monoisotopic (exact) mass is 555 g/mol. The van der Waals surface area contributed by atoms with Crippen LogP contribution in [0.15, 0.2) is 102 Å². The van der Waals surface area contributed by atoms with Crippen LogP contribution in [0.25, 0.3) is 11.6 Å². The number of benzene rings is 2. The second-order valence-electron chi connectivity index (χ2n) is 9.74. The summed E-state index contributed by atoms with van der Waals surface area (Å²) in [5, 5.41) is 4.75. The zero-order valence-corrected chi connectivity index (χ0v) is 23.0. The van der Waals surface area contributed by atoms with Gasteiger partial charge in [0.1, 0.15) is 29.5 Å². The van der Waals surface area contributed by atoms with Crippen LogP contribution >= 0.6 is 0 Å². The Balaban J connectivity index is 1.21. The predicted octanol–water partition coefficient (Wildman–Crippen LogP) is 5.49. The number of hydrogen-bond acceptors (Lipinski definition) is 7. The van der Waals surface area contributed by atoms with E-state index in [2.05, 4.69) is 15.3 Å². The van der Waals surface area contributed by atoms with Gasteiger partial charge in [-0.3, -0.25) is 0 Å². The molecule has 1 saturated heterocycles. The Morgan fingerprint density at radius 1 is 1.00 bits per heavy atom. The van der Waals surface area contributed by atoms with Gasteiger partial charge < -0.3 is 15.8 Å². The maximum atomic E-state index is 12.8. The van der Waals surface area contributed by atoms with E-state index in [4.69, 9.17) is 10.5 Å². The number of allylic oxidation sites excluding steroid dienone is 5. The Bertz CT molecular complexity index is 1530. The average Bonchev–Trinajstić information content (AvgIpc) is 3.21. The standard InChI is InChI=1S/C31H33N5O3S/c32-30-29(26-10-7-13-28(15-14-26)39-27-11-5-2-6-12-27)31(35-23-34-30)33-22-25-16-19-36(20-17-25)40(37,38)21-18-24-8-3-1-4-9-24/h1-12,14-15,18,21,23,25H,13,16-17,19-20,22H2,(H3,32,33,34,35)/b21-18+. The highest BCUT2D eigenvalue weighted by Crippen LogP contribution is 2.31. The Morgan fingerprint density at radius 3 is 2.48 bits per heavy atom. The van der Waals surface area contributed by atoms with Crippen LogP contribution < -0.4 is 15.8 Å². The fraction of sp³-hybridized carbons (Fsp3) is 0.226. The van der Waals surface area contributed by atoms with Crippen molar-refractivity contribution in [2.75, 3.05) is 30.7 Å². The number of hydrogen-bond donors (Lipinski definition) is 2. The molecule has 0 unspecified atom stereocenters. The van der Waals surface area contributed by atoms with Crippen LogP contribution in [0.4, 0.5) is 11.6 Å². The molecule has 0 bridgehead atoms. The summed E-state index contributed by atoms with van der Waals surface area (Å²) >= 11 is 0. The molecular formula is C31H33N5O3S. The van der Waals surface area contributed by atoms with Gasteiger partial charge in [0, 0.05) is 31.5 Å². The van der Waals surface area contributed by atoms with Gasteiger partial charge in [0.15, 0.2) is 0 Å². The highest BCUT2D eigenvalue weighted by molar-refractivity contribution is 7.92. The molecule has 2 aliphatic rings. The Labute approximate surface area is 235 Å². The number of sulfonamides is 1. The summed E-state index contributed by atoms with van der Waals surface area (Å²) in [5.74, 6) is 2.96. The number of aromatic nitrogens is 2. The van der Waals surface area contributed by atoms with Crippen molar-refractivity contribution in [2.24, 2.45) is 5.92 Å². The quantitative estimate of drug-likeness (QED) is 0.359. The summed E-state index contributed by atoms with van der Waals surface area (Å²) in [7, 11) is -3.46. The largest absolute Gasteiger partial charge is 0.461 e. The maximum Gasteiger partial charge on any atom is 0.236 e. The zero-order valence-electron chi connectivity index (χ0n) is 22.2. The van der Waals surface area contributed by atoms with Gasteiger partial charge in [0.2, 0.25) is 10.0 Å². The SMILES string of the molecule is Nc1ncnc(NCC2CCN(S(=O)(=O)/C=C/c3ccccc3)CC2)c1C1=CC=C(Oc2ccccc2)CC=C1. The van der Waals surface area contributed by atoms with Gasteiger partial charge in [-0.15, -0.1) is 0 Å². The second-order valence-corrected chi connectivity index (χ2v) is 11.6. The highest BCUT2D eigenvalue weighted by atomic mass is 32.2. The minimum absolute atomic E-state index is 0.304. The van der Waals surface area contributed by atoms with E-state index in [9.17, 15) is 8.42 Å². The first-order chi connectivity index (χ1) is 19.5. The summed E-state index contributed by atoms with van der Waals surface area (Å²) in [6, 6.07) is 19.1. The molecule has 3 N–H and O–H groups in total. The molecule has 206 valence electrons. The molecule has 3 aromatic rings. The number of nitrogens with two attached hydrogens (primary N) is 1. The lowest BCUT2D eigenvalue weighted by molar-refractivity contribution is 0.284. The van der Waals surface area contributed by atoms with Gasteiger partial charge in [0.25, 0.3) is 0 Å². The molecule has 0 atom stereocenters. The molecule has 1 fully saturated rings. The van der Waals surface area contributed by atoms with Crippen LogP contribution in [-0.4, -0.2) is 42.3 Å². The zero-order chi connectivity index (χ0) is 27.8. The van der Waals surface area contributed by atoms with Crippen LogP contribution in [0, 0.1) is 5.92 Å². The lowest BCUT2D eigenvalue weighted by atomic mass is 9.98. The summed E-state index contributed by atoms with van der Waals surface area (Å²) in [5.41, 5.74) is 8.79. The first-order valence-corrected chi connectivity index (χ1v) is 14.9. The molecule has 0 spiro atoms. The number of nitrogens with one attached hydrogen (secondary N) is 1. The van der Waals surface area contributed by atoms with Crippen molar-refractivity contribution in [3.05, 3.63) is 114 Å². The number of para-hydroxylation sites is 1. The molecule has 2 heterocycles. The molecule has 2 aromatic carbocycles.